The van der Waals surface area contributed by atoms with Gasteiger partial charge >= 0.3 is 0 Å². The number of nitrogens with one attached hydrogen (secondary N) is 1. The number of alkyl halides is 1. The Morgan fingerprint density at radius 3 is 2.80 bits per heavy atom. The minimum atomic E-state index is -0.320. The summed E-state index contributed by atoms with van der Waals surface area (Å²) in [6, 6.07) is 5.95. The Hall–Kier alpha value is -1.04. The molecule has 112 valence electrons. The average Bonchev–Trinajstić information content (AvgIpc) is 2.94. The van der Waals surface area contributed by atoms with Crippen LogP contribution in [-0.4, -0.2) is 44.5 Å². The Kier molecular flexibility index (Phi) is 5.46. The molecule has 0 unspecified atom stereocenters. The van der Waals surface area contributed by atoms with E-state index in [0.717, 1.165) is 43.2 Å². The standard InChI is InChI=1S/C14H19FN2O2.ClH/c15-5-4-12(17-8-6-16-7-9-17)11-2-1-3-13-14(11)19-10-18-13;/h1-3,12,16H,4-10H2;1H/t12-;/m0./s1. The van der Waals surface area contributed by atoms with Crippen molar-refractivity contribution in [1.82, 2.24) is 10.2 Å². The molecule has 0 spiro atoms. The topological polar surface area (TPSA) is 33.7 Å². The summed E-state index contributed by atoms with van der Waals surface area (Å²) in [4.78, 5) is 2.33. The maximum Gasteiger partial charge on any atom is 0.231 e. The second-order valence-corrected chi connectivity index (χ2v) is 4.86. The first-order chi connectivity index (χ1) is 9.40. The summed E-state index contributed by atoms with van der Waals surface area (Å²) in [6.45, 7) is 3.73. The van der Waals surface area contributed by atoms with E-state index in [2.05, 4.69) is 10.2 Å². The third kappa shape index (κ3) is 3.00. The fourth-order valence-electron chi connectivity index (χ4n) is 2.85. The molecule has 1 saturated heterocycles. The van der Waals surface area contributed by atoms with E-state index in [1.807, 2.05) is 18.2 Å². The second-order valence-electron chi connectivity index (χ2n) is 4.86. The first-order valence-corrected chi connectivity index (χ1v) is 6.79. The van der Waals surface area contributed by atoms with Crippen molar-refractivity contribution in [3.05, 3.63) is 23.8 Å². The van der Waals surface area contributed by atoms with Gasteiger partial charge in [0.05, 0.1) is 6.67 Å². The first kappa shape index (κ1) is 15.4. The zero-order chi connectivity index (χ0) is 13.1. The monoisotopic (exact) mass is 302 g/mol. The summed E-state index contributed by atoms with van der Waals surface area (Å²) in [6.07, 6.45) is 0.500. The Balaban J connectivity index is 0.00000147. The van der Waals surface area contributed by atoms with Gasteiger partial charge in [0.25, 0.3) is 0 Å². The van der Waals surface area contributed by atoms with Crippen molar-refractivity contribution in [2.24, 2.45) is 0 Å². The molecular weight excluding hydrogens is 283 g/mol. The van der Waals surface area contributed by atoms with Gasteiger partial charge in [-0.3, -0.25) is 9.29 Å². The van der Waals surface area contributed by atoms with Crippen molar-refractivity contribution >= 4 is 12.4 Å². The maximum absolute atomic E-state index is 12.9. The molecule has 3 rings (SSSR count). The van der Waals surface area contributed by atoms with E-state index in [1.54, 1.807) is 0 Å². The number of para-hydroxylation sites is 1. The summed E-state index contributed by atoms with van der Waals surface area (Å²) in [5.41, 5.74) is 1.05. The number of hydrogen-bond donors (Lipinski definition) is 1. The smallest absolute Gasteiger partial charge is 0.231 e. The number of ether oxygens (including phenoxy) is 2. The highest BCUT2D eigenvalue weighted by molar-refractivity contribution is 5.85. The Morgan fingerprint density at radius 1 is 1.25 bits per heavy atom. The maximum atomic E-state index is 12.9. The minimum absolute atomic E-state index is 0. The van der Waals surface area contributed by atoms with E-state index >= 15 is 0 Å². The van der Waals surface area contributed by atoms with Crippen LogP contribution >= 0.6 is 12.4 Å². The molecule has 1 fully saturated rings. The predicted octanol–water partition coefficient (Wildman–Crippen LogP) is 2.14. The van der Waals surface area contributed by atoms with E-state index in [-0.39, 0.29) is 31.9 Å². The van der Waals surface area contributed by atoms with Crippen molar-refractivity contribution < 1.29 is 13.9 Å². The van der Waals surface area contributed by atoms with Gasteiger partial charge in [-0.05, 0) is 12.5 Å². The van der Waals surface area contributed by atoms with Crippen LogP contribution in [0.1, 0.15) is 18.0 Å². The lowest BCUT2D eigenvalue weighted by Crippen LogP contribution is -2.45. The quantitative estimate of drug-likeness (QED) is 0.924. The van der Waals surface area contributed by atoms with Gasteiger partial charge in [0, 0.05) is 37.8 Å². The Morgan fingerprint density at radius 2 is 2.05 bits per heavy atom. The molecule has 4 nitrogen and oxygen atoms in total. The molecule has 0 radical (unpaired) electrons. The number of rotatable bonds is 4. The second kappa shape index (κ2) is 7.11. The number of nitrogens with zero attached hydrogens (tertiary/aromatic N) is 1. The van der Waals surface area contributed by atoms with Crippen molar-refractivity contribution in [3.8, 4) is 11.5 Å². The third-order valence-corrected chi connectivity index (χ3v) is 3.76. The van der Waals surface area contributed by atoms with Crippen LogP contribution in [-0.2, 0) is 0 Å². The number of hydrogen-bond acceptors (Lipinski definition) is 4. The van der Waals surface area contributed by atoms with Crippen LogP contribution in [0.4, 0.5) is 4.39 Å². The highest BCUT2D eigenvalue weighted by Crippen LogP contribution is 2.41. The molecule has 2 aliphatic rings. The Labute approximate surface area is 124 Å². The van der Waals surface area contributed by atoms with Crippen molar-refractivity contribution in [2.45, 2.75) is 12.5 Å². The van der Waals surface area contributed by atoms with Gasteiger partial charge in [-0.2, -0.15) is 0 Å². The van der Waals surface area contributed by atoms with Crippen LogP contribution in [0.5, 0.6) is 11.5 Å². The van der Waals surface area contributed by atoms with Gasteiger partial charge in [0.1, 0.15) is 0 Å². The van der Waals surface area contributed by atoms with E-state index in [4.69, 9.17) is 9.47 Å². The summed E-state index contributed by atoms with van der Waals surface area (Å²) in [7, 11) is 0. The molecule has 2 heterocycles. The summed E-state index contributed by atoms with van der Waals surface area (Å²) in [5.74, 6) is 1.57. The van der Waals surface area contributed by atoms with Gasteiger partial charge in [-0.15, -0.1) is 12.4 Å². The van der Waals surface area contributed by atoms with E-state index < -0.39 is 0 Å². The molecule has 0 bridgehead atoms. The van der Waals surface area contributed by atoms with Crippen LogP contribution in [0, 0.1) is 0 Å². The lowest BCUT2D eigenvalue weighted by molar-refractivity contribution is 0.148. The molecule has 0 aliphatic carbocycles. The zero-order valence-electron chi connectivity index (χ0n) is 11.3. The number of halogens is 2. The van der Waals surface area contributed by atoms with Crippen LogP contribution in [0.2, 0.25) is 0 Å². The van der Waals surface area contributed by atoms with Crippen LogP contribution in [0.25, 0.3) is 0 Å². The fourth-order valence-corrected chi connectivity index (χ4v) is 2.85. The molecule has 1 aromatic rings. The van der Waals surface area contributed by atoms with Gasteiger partial charge < -0.3 is 14.8 Å². The molecule has 0 saturated carbocycles. The van der Waals surface area contributed by atoms with Crippen molar-refractivity contribution in [2.75, 3.05) is 39.6 Å². The molecule has 1 N–H and O–H groups in total. The van der Waals surface area contributed by atoms with Crippen molar-refractivity contribution in [3.63, 3.8) is 0 Å². The van der Waals surface area contributed by atoms with Crippen LogP contribution < -0.4 is 14.8 Å². The van der Waals surface area contributed by atoms with Gasteiger partial charge in [0.2, 0.25) is 6.79 Å². The van der Waals surface area contributed by atoms with Crippen LogP contribution in [0.3, 0.4) is 0 Å². The molecule has 0 amide bonds. The largest absolute Gasteiger partial charge is 0.454 e. The van der Waals surface area contributed by atoms with Crippen molar-refractivity contribution in [1.29, 1.82) is 0 Å². The molecule has 1 atom stereocenters. The van der Waals surface area contributed by atoms with Gasteiger partial charge in [0.15, 0.2) is 11.5 Å². The van der Waals surface area contributed by atoms with Crippen LogP contribution in [0.15, 0.2) is 18.2 Å². The summed E-state index contributed by atoms with van der Waals surface area (Å²) in [5, 5.41) is 3.32. The highest BCUT2D eigenvalue weighted by Gasteiger charge is 2.28. The molecular formula is C14H20ClFN2O2. The zero-order valence-corrected chi connectivity index (χ0v) is 12.1. The molecule has 2 aliphatic heterocycles. The number of benzene rings is 1. The average molecular weight is 303 g/mol. The number of piperazine rings is 1. The minimum Gasteiger partial charge on any atom is -0.454 e. The summed E-state index contributed by atoms with van der Waals surface area (Å²) >= 11 is 0. The number of fused-ring (bicyclic) bond motifs is 1. The van der Waals surface area contributed by atoms with E-state index in [1.165, 1.54) is 0 Å². The molecule has 0 aromatic heterocycles. The lowest BCUT2D eigenvalue weighted by Gasteiger charge is -2.35. The fraction of sp³-hybridized carbons (Fsp3) is 0.571. The molecule has 20 heavy (non-hydrogen) atoms. The SMILES string of the molecule is Cl.FCC[C@@H](c1cccc2c1OCO2)N1CCNCC1. The Bertz CT molecular complexity index is 441. The van der Waals surface area contributed by atoms with E-state index in [0.29, 0.717) is 6.42 Å². The van der Waals surface area contributed by atoms with Gasteiger partial charge in [-0.25, -0.2) is 0 Å². The summed E-state index contributed by atoms with van der Waals surface area (Å²) < 4.78 is 23.9. The first-order valence-electron chi connectivity index (χ1n) is 6.79. The normalized spacial score (nSPS) is 19.4. The third-order valence-electron chi connectivity index (χ3n) is 3.76. The van der Waals surface area contributed by atoms with E-state index in [9.17, 15) is 4.39 Å². The molecule has 1 aromatic carbocycles. The molecule has 6 heteroatoms. The van der Waals surface area contributed by atoms with Gasteiger partial charge in [-0.1, -0.05) is 12.1 Å². The lowest BCUT2D eigenvalue weighted by atomic mass is 10.00. The predicted molar refractivity (Wildman–Crippen MR) is 77.6 cm³/mol. The highest BCUT2D eigenvalue weighted by atomic mass is 35.5.